The van der Waals surface area contributed by atoms with Crippen molar-refractivity contribution in [2.24, 2.45) is 5.73 Å². The van der Waals surface area contributed by atoms with Gasteiger partial charge in [0.05, 0.1) is 0 Å². The van der Waals surface area contributed by atoms with Crippen molar-refractivity contribution in [3.05, 3.63) is 29.9 Å². The number of nitrogens with two attached hydrogens (primary N) is 1. The van der Waals surface area contributed by atoms with Crippen molar-refractivity contribution in [2.75, 3.05) is 0 Å². The number of carbonyl (C=O) groups is 1. The first-order valence-electron chi connectivity index (χ1n) is 3.54. The summed E-state index contributed by atoms with van der Waals surface area (Å²) in [6.07, 6.45) is 1.58. The number of hydrogen-bond donors (Lipinski definition) is 1. The Balaban J connectivity index is 2.68. The fourth-order valence-corrected chi connectivity index (χ4v) is 1.11. The molecule has 0 spiro atoms. The Kier molecular flexibility index (Phi) is 1.47. The number of fused-ring (bicyclic) bond motifs is 1. The van der Waals surface area contributed by atoms with E-state index < -0.39 is 5.91 Å². The Morgan fingerprint density at radius 3 is 3.08 bits per heavy atom. The Labute approximate surface area is 69.4 Å². The van der Waals surface area contributed by atoms with Gasteiger partial charge in [-0.05, 0) is 0 Å². The molecule has 3 nitrogen and oxygen atoms in total. The molecule has 1 aromatic heterocycles. The second-order valence-electron chi connectivity index (χ2n) is 2.54. The van der Waals surface area contributed by atoms with Crippen LogP contribution in [-0.2, 0) is 0 Å². The molecule has 0 atom stereocenters. The van der Waals surface area contributed by atoms with Gasteiger partial charge in [-0.1, -0.05) is 0 Å². The molecule has 0 radical (unpaired) electrons. The third kappa shape index (κ3) is 1.01. The van der Waals surface area contributed by atoms with Crippen LogP contribution in [0.2, 0.25) is 0 Å². The van der Waals surface area contributed by atoms with Crippen molar-refractivity contribution in [1.29, 1.82) is 0 Å². The molecule has 0 bridgehead atoms. The molecule has 1 heterocycles. The van der Waals surface area contributed by atoms with Crippen LogP contribution in [0, 0.1) is 0 Å². The van der Waals surface area contributed by atoms with E-state index in [0.717, 1.165) is 5.28 Å². The maximum atomic E-state index is 10.7. The van der Waals surface area contributed by atoms with Gasteiger partial charge in [0.1, 0.15) is 0 Å². The normalized spacial score (nSPS) is 10.0. The minimum atomic E-state index is -0.437. The Bertz CT molecular complexity index is 435. The molecule has 0 aliphatic carbocycles. The number of hydrogen-bond acceptors (Lipinski definition) is 2. The van der Waals surface area contributed by atoms with Gasteiger partial charge in [-0.25, -0.2) is 0 Å². The van der Waals surface area contributed by atoms with Crippen LogP contribution in [0.25, 0.3) is 10.9 Å². The molecule has 1 amide bonds. The molecule has 2 aromatic rings. The molecule has 0 aliphatic rings. The molecular formula is C8H6BNO2. The topological polar surface area (TPSA) is 56.2 Å². The van der Waals surface area contributed by atoms with Gasteiger partial charge >= 0.3 is 68.5 Å². The van der Waals surface area contributed by atoms with E-state index in [1.54, 1.807) is 24.4 Å². The van der Waals surface area contributed by atoms with Crippen LogP contribution in [0.15, 0.2) is 28.8 Å². The molecule has 0 saturated carbocycles. The van der Waals surface area contributed by atoms with E-state index in [4.69, 9.17) is 10.2 Å². The van der Waals surface area contributed by atoms with Gasteiger partial charge in [-0.3, -0.25) is 0 Å². The molecule has 2 rings (SSSR count). The Morgan fingerprint density at radius 2 is 2.33 bits per heavy atom. The fraction of sp³-hybridized carbons (Fsp3) is 0. The van der Waals surface area contributed by atoms with Gasteiger partial charge in [0.15, 0.2) is 0 Å². The van der Waals surface area contributed by atoms with E-state index in [-0.39, 0.29) is 0 Å². The van der Waals surface area contributed by atoms with E-state index in [1.165, 1.54) is 0 Å². The number of carbonyl (C=O) groups excluding carboxylic acids is 1. The summed E-state index contributed by atoms with van der Waals surface area (Å²) in [4.78, 5) is 10.7. The Morgan fingerprint density at radius 1 is 1.50 bits per heavy atom. The van der Waals surface area contributed by atoms with E-state index in [2.05, 4.69) is 0 Å². The van der Waals surface area contributed by atoms with Gasteiger partial charge in [0.2, 0.25) is 0 Å². The van der Waals surface area contributed by atoms with Crippen LogP contribution in [-0.4, -0.2) is 12.8 Å². The van der Waals surface area contributed by atoms with Gasteiger partial charge in [-0.2, -0.15) is 0 Å². The molecule has 4 heteroatoms. The molecule has 0 fully saturated rings. The molecule has 1 aromatic carbocycles. The van der Waals surface area contributed by atoms with Crippen molar-refractivity contribution in [3.63, 3.8) is 0 Å². The second kappa shape index (κ2) is 2.48. The van der Waals surface area contributed by atoms with Crippen molar-refractivity contribution in [3.8, 4) is 0 Å². The van der Waals surface area contributed by atoms with Crippen LogP contribution in [0.1, 0.15) is 10.4 Å². The minimum absolute atomic E-state index is 0.437. The molecule has 12 heavy (non-hydrogen) atoms. The van der Waals surface area contributed by atoms with Gasteiger partial charge in [0.25, 0.3) is 0 Å². The molecular weight excluding hydrogens is 153 g/mol. The zero-order chi connectivity index (χ0) is 8.55. The molecule has 0 aliphatic heterocycles. The Hall–Kier alpha value is -1.58. The van der Waals surface area contributed by atoms with Crippen LogP contribution >= 0.6 is 0 Å². The van der Waals surface area contributed by atoms with Gasteiger partial charge < -0.3 is 0 Å². The quantitative estimate of drug-likeness (QED) is 0.670. The summed E-state index contributed by atoms with van der Waals surface area (Å²) in [6, 6.07) is 5.12. The first-order valence-corrected chi connectivity index (χ1v) is 3.54. The number of primary amides is 1. The SMILES string of the molecule is NC(=O)c1ccc2bcoc2c1. The second-order valence-corrected chi connectivity index (χ2v) is 2.54. The van der Waals surface area contributed by atoms with Gasteiger partial charge in [0, 0.05) is 0 Å². The van der Waals surface area contributed by atoms with Crippen LogP contribution in [0.4, 0.5) is 0 Å². The predicted molar refractivity (Wildman–Crippen MR) is 46.1 cm³/mol. The van der Waals surface area contributed by atoms with Crippen molar-refractivity contribution < 1.29 is 9.21 Å². The standard InChI is InChI=1S/C8H6BNO2/c10-8(11)5-1-2-6-7(3-5)12-4-9-6/h1-4H,(H2,10,11). The fourth-order valence-electron chi connectivity index (χ4n) is 1.11. The number of benzene rings is 1. The zero-order valence-electron chi connectivity index (χ0n) is 6.28. The van der Waals surface area contributed by atoms with E-state index >= 15 is 0 Å². The maximum absolute atomic E-state index is 10.7. The van der Waals surface area contributed by atoms with E-state index in [1.807, 2.05) is 6.91 Å². The summed E-state index contributed by atoms with van der Waals surface area (Å²) >= 11 is 0. The third-order valence-electron chi connectivity index (χ3n) is 1.74. The summed E-state index contributed by atoms with van der Waals surface area (Å²) < 4.78 is 5.10. The molecule has 2 N–H and O–H groups in total. The van der Waals surface area contributed by atoms with Crippen molar-refractivity contribution in [2.45, 2.75) is 0 Å². The van der Waals surface area contributed by atoms with E-state index in [9.17, 15) is 4.79 Å². The molecule has 0 unspecified atom stereocenters. The predicted octanol–water partition coefficient (Wildman–Crippen LogP) is 0.870. The average Bonchev–Trinajstić information content (AvgIpc) is 2.49. The summed E-state index contributed by atoms with van der Waals surface area (Å²) in [7, 11) is 0. The number of rotatable bonds is 1. The van der Waals surface area contributed by atoms with E-state index in [0.29, 0.717) is 11.1 Å². The summed E-state index contributed by atoms with van der Waals surface area (Å²) in [6.45, 7) is 1.83. The molecule has 58 valence electrons. The summed E-state index contributed by atoms with van der Waals surface area (Å²) in [5.74, 6) is -0.437. The summed E-state index contributed by atoms with van der Waals surface area (Å²) in [5.41, 5.74) is 6.25. The van der Waals surface area contributed by atoms with Gasteiger partial charge in [-0.15, -0.1) is 0 Å². The zero-order valence-corrected chi connectivity index (χ0v) is 6.28. The first kappa shape index (κ1) is 7.09. The van der Waals surface area contributed by atoms with Crippen molar-refractivity contribution >= 4 is 23.7 Å². The number of amides is 1. The molecule has 0 saturated heterocycles. The van der Waals surface area contributed by atoms with Crippen molar-refractivity contribution in [1.82, 2.24) is 0 Å². The van der Waals surface area contributed by atoms with Crippen LogP contribution in [0.5, 0.6) is 0 Å². The van der Waals surface area contributed by atoms with Crippen LogP contribution < -0.4 is 5.73 Å². The average molecular weight is 159 g/mol. The first-order chi connectivity index (χ1) is 5.77. The van der Waals surface area contributed by atoms with Crippen LogP contribution in [0.3, 0.4) is 0 Å². The summed E-state index contributed by atoms with van der Waals surface area (Å²) in [5, 5.41) is 0.972. The monoisotopic (exact) mass is 159 g/mol. The third-order valence-corrected chi connectivity index (χ3v) is 1.74.